The molecule has 0 bridgehead atoms. The predicted molar refractivity (Wildman–Crippen MR) is 85.9 cm³/mol. The van der Waals surface area contributed by atoms with Crippen molar-refractivity contribution in [2.45, 2.75) is 52.0 Å². The van der Waals surface area contributed by atoms with Crippen LogP contribution in [0, 0.1) is 11.8 Å². The number of carbonyl (C=O) groups is 1. The number of rotatable bonds is 6. The van der Waals surface area contributed by atoms with Crippen LogP contribution in [-0.2, 0) is 11.3 Å². The normalized spacial score (nSPS) is 19.4. The molecule has 1 fully saturated rings. The summed E-state index contributed by atoms with van der Waals surface area (Å²) in [6.45, 7) is 2.55. The van der Waals surface area contributed by atoms with Crippen LogP contribution < -0.4 is 10.1 Å². The SMILES string of the molecule is CC.O=C(CC1CC(C(F)(F)F)C1)NCc1ccnc(OCC(F)(F)F)c1. The number of carbonyl (C=O) groups excluding carboxylic acids is 1. The highest BCUT2D eigenvalue weighted by molar-refractivity contribution is 5.76. The van der Waals surface area contributed by atoms with E-state index in [1.807, 2.05) is 13.8 Å². The molecule has 0 aromatic carbocycles. The summed E-state index contributed by atoms with van der Waals surface area (Å²) in [4.78, 5) is 15.4. The van der Waals surface area contributed by atoms with Gasteiger partial charge in [-0.3, -0.25) is 4.79 Å². The second kappa shape index (κ2) is 9.80. The van der Waals surface area contributed by atoms with E-state index in [1.54, 1.807) is 0 Å². The molecule has 1 N–H and O–H groups in total. The summed E-state index contributed by atoms with van der Waals surface area (Å²) in [6, 6.07) is 2.75. The first-order valence-electron chi connectivity index (χ1n) is 8.51. The van der Waals surface area contributed by atoms with Gasteiger partial charge in [0.15, 0.2) is 6.61 Å². The average Bonchev–Trinajstić information content (AvgIpc) is 2.54. The van der Waals surface area contributed by atoms with E-state index >= 15 is 0 Å². The minimum Gasteiger partial charge on any atom is -0.468 e. The average molecular weight is 400 g/mol. The van der Waals surface area contributed by atoms with E-state index in [2.05, 4.69) is 15.0 Å². The zero-order chi connectivity index (χ0) is 20.7. The third-order valence-electron chi connectivity index (χ3n) is 3.85. The Kier molecular flexibility index (Phi) is 8.36. The van der Waals surface area contributed by atoms with Gasteiger partial charge in [0.25, 0.3) is 0 Å². The van der Waals surface area contributed by atoms with E-state index in [4.69, 9.17) is 0 Å². The number of hydrogen-bond donors (Lipinski definition) is 1. The van der Waals surface area contributed by atoms with Crippen molar-refractivity contribution in [1.29, 1.82) is 0 Å². The second-order valence-electron chi connectivity index (χ2n) is 5.96. The van der Waals surface area contributed by atoms with Gasteiger partial charge < -0.3 is 10.1 Å². The molecular formula is C17H22F6N2O2. The number of ether oxygens (including phenoxy) is 1. The number of hydrogen-bond acceptors (Lipinski definition) is 3. The Morgan fingerprint density at radius 1 is 1.22 bits per heavy atom. The zero-order valence-corrected chi connectivity index (χ0v) is 15.0. The highest BCUT2D eigenvalue weighted by atomic mass is 19.4. The lowest BCUT2D eigenvalue weighted by Crippen LogP contribution is -2.38. The number of alkyl halides is 6. The number of nitrogens with one attached hydrogen (secondary N) is 1. The molecule has 0 spiro atoms. The molecule has 154 valence electrons. The fourth-order valence-corrected chi connectivity index (χ4v) is 2.50. The summed E-state index contributed by atoms with van der Waals surface area (Å²) in [6.07, 6.45) is -7.56. The fraction of sp³-hybridized carbons (Fsp3) is 0.647. The minimum atomic E-state index is -4.48. The fourth-order valence-electron chi connectivity index (χ4n) is 2.50. The molecule has 0 radical (unpaired) electrons. The molecule has 1 amide bonds. The highest BCUT2D eigenvalue weighted by Gasteiger charge is 2.47. The Labute approximate surface area is 153 Å². The van der Waals surface area contributed by atoms with Crippen LogP contribution in [0.1, 0.15) is 38.7 Å². The second-order valence-corrected chi connectivity index (χ2v) is 5.96. The molecule has 2 rings (SSSR count). The van der Waals surface area contributed by atoms with Gasteiger partial charge in [-0.25, -0.2) is 4.98 Å². The number of aromatic nitrogens is 1. The quantitative estimate of drug-likeness (QED) is 0.708. The van der Waals surface area contributed by atoms with Gasteiger partial charge in [-0.15, -0.1) is 0 Å². The Morgan fingerprint density at radius 3 is 2.41 bits per heavy atom. The van der Waals surface area contributed by atoms with Crippen molar-refractivity contribution in [2.24, 2.45) is 11.8 Å². The summed E-state index contributed by atoms with van der Waals surface area (Å²) >= 11 is 0. The summed E-state index contributed by atoms with van der Waals surface area (Å²) in [5.74, 6) is -2.26. The van der Waals surface area contributed by atoms with Gasteiger partial charge >= 0.3 is 12.4 Å². The van der Waals surface area contributed by atoms with Gasteiger partial charge in [-0.2, -0.15) is 26.3 Å². The lowest BCUT2D eigenvalue weighted by atomic mass is 9.73. The Bertz CT molecular complexity index is 598. The maximum atomic E-state index is 12.4. The van der Waals surface area contributed by atoms with Crippen LogP contribution >= 0.6 is 0 Å². The van der Waals surface area contributed by atoms with Crippen molar-refractivity contribution in [3.8, 4) is 5.88 Å². The van der Waals surface area contributed by atoms with E-state index in [1.165, 1.54) is 18.3 Å². The molecule has 27 heavy (non-hydrogen) atoms. The molecule has 4 nitrogen and oxygen atoms in total. The Balaban J connectivity index is 0.00000176. The summed E-state index contributed by atoms with van der Waals surface area (Å²) in [7, 11) is 0. The summed E-state index contributed by atoms with van der Waals surface area (Å²) in [5, 5.41) is 2.53. The molecule has 0 saturated heterocycles. The van der Waals surface area contributed by atoms with Crippen LogP contribution in [0.3, 0.4) is 0 Å². The number of pyridine rings is 1. The van der Waals surface area contributed by atoms with E-state index in [0.29, 0.717) is 5.56 Å². The van der Waals surface area contributed by atoms with Crippen molar-refractivity contribution in [2.75, 3.05) is 6.61 Å². The van der Waals surface area contributed by atoms with Crippen LogP contribution in [0.5, 0.6) is 5.88 Å². The van der Waals surface area contributed by atoms with Crippen molar-refractivity contribution in [1.82, 2.24) is 10.3 Å². The standard InChI is InChI=1S/C15H16F6N2O2.C2H6/c16-14(17,18)8-25-13-6-9(1-2-22-13)7-23-12(24)5-10-3-11(4-10)15(19,20)21;1-2/h1-2,6,10-11H,3-5,7-8H2,(H,23,24);1-2H3. The van der Waals surface area contributed by atoms with Crippen molar-refractivity contribution < 1.29 is 35.9 Å². The molecule has 0 unspecified atom stereocenters. The molecule has 0 atom stereocenters. The molecule has 10 heteroatoms. The van der Waals surface area contributed by atoms with E-state index in [9.17, 15) is 31.1 Å². The van der Waals surface area contributed by atoms with Gasteiger partial charge in [-0.1, -0.05) is 13.8 Å². The van der Waals surface area contributed by atoms with Crippen LogP contribution in [0.15, 0.2) is 18.3 Å². The first-order chi connectivity index (χ1) is 12.5. The first kappa shape index (κ1) is 23.0. The Hall–Kier alpha value is -2.00. The van der Waals surface area contributed by atoms with Crippen LogP contribution in [0.25, 0.3) is 0 Å². The molecule has 1 aliphatic rings. The third kappa shape index (κ3) is 8.49. The largest absolute Gasteiger partial charge is 0.468 e. The smallest absolute Gasteiger partial charge is 0.422 e. The lowest BCUT2D eigenvalue weighted by Gasteiger charge is -2.36. The van der Waals surface area contributed by atoms with Gasteiger partial charge in [0.1, 0.15) is 0 Å². The molecule has 1 heterocycles. The predicted octanol–water partition coefficient (Wildman–Crippen LogP) is 4.64. The van der Waals surface area contributed by atoms with Crippen LogP contribution in [0.2, 0.25) is 0 Å². The minimum absolute atomic E-state index is 0.00487. The number of halogens is 6. The van der Waals surface area contributed by atoms with Gasteiger partial charge in [0.2, 0.25) is 11.8 Å². The first-order valence-corrected chi connectivity index (χ1v) is 8.51. The van der Waals surface area contributed by atoms with Crippen molar-refractivity contribution in [3.05, 3.63) is 23.9 Å². The zero-order valence-electron chi connectivity index (χ0n) is 15.0. The lowest BCUT2D eigenvalue weighted by molar-refractivity contribution is -0.205. The molecule has 1 aromatic heterocycles. The maximum absolute atomic E-state index is 12.4. The molecule has 0 aliphatic heterocycles. The van der Waals surface area contributed by atoms with Crippen molar-refractivity contribution >= 4 is 5.91 Å². The van der Waals surface area contributed by atoms with E-state index in [-0.39, 0.29) is 37.6 Å². The number of amides is 1. The summed E-state index contributed by atoms with van der Waals surface area (Å²) < 4.78 is 77.8. The van der Waals surface area contributed by atoms with Gasteiger partial charge in [-0.05, 0) is 30.4 Å². The van der Waals surface area contributed by atoms with Gasteiger partial charge in [0.05, 0.1) is 5.92 Å². The molecule has 1 aliphatic carbocycles. The third-order valence-corrected chi connectivity index (χ3v) is 3.85. The Morgan fingerprint density at radius 2 is 1.85 bits per heavy atom. The van der Waals surface area contributed by atoms with E-state index < -0.39 is 30.8 Å². The monoisotopic (exact) mass is 400 g/mol. The summed E-state index contributed by atoms with van der Waals surface area (Å²) in [5.41, 5.74) is 0.474. The molecule has 1 aromatic rings. The van der Waals surface area contributed by atoms with Crippen LogP contribution in [0.4, 0.5) is 26.3 Å². The van der Waals surface area contributed by atoms with E-state index in [0.717, 1.165) is 0 Å². The number of nitrogens with zero attached hydrogens (tertiary/aromatic N) is 1. The molecule has 1 saturated carbocycles. The van der Waals surface area contributed by atoms with Gasteiger partial charge in [0, 0.05) is 25.2 Å². The van der Waals surface area contributed by atoms with Crippen molar-refractivity contribution in [3.63, 3.8) is 0 Å². The maximum Gasteiger partial charge on any atom is 0.422 e. The topological polar surface area (TPSA) is 51.2 Å². The molecular weight excluding hydrogens is 378 g/mol. The highest BCUT2D eigenvalue weighted by Crippen LogP contribution is 2.45. The van der Waals surface area contributed by atoms with Crippen LogP contribution in [-0.4, -0.2) is 29.9 Å².